The number of hydrogen-bond acceptors (Lipinski definition) is 4. The number of fused-ring (bicyclic) bond motifs is 1. The Morgan fingerprint density at radius 1 is 1.00 bits per heavy atom. The smallest absolute Gasteiger partial charge is 0.250 e. The zero-order valence-electron chi connectivity index (χ0n) is 18.4. The number of amides is 3. The average molecular weight is 452 g/mol. The summed E-state index contributed by atoms with van der Waals surface area (Å²) in [6.07, 6.45) is 5.10. The third kappa shape index (κ3) is 4.99. The highest BCUT2D eigenvalue weighted by Gasteiger charge is 2.40. The summed E-state index contributed by atoms with van der Waals surface area (Å²) < 4.78 is 0. The molecule has 6 nitrogen and oxygen atoms in total. The maximum atomic E-state index is 13.4. The van der Waals surface area contributed by atoms with Gasteiger partial charge >= 0.3 is 0 Å². The Balaban J connectivity index is 1.52. The van der Waals surface area contributed by atoms with Crippen LogP contribution in [0.4, 0.5) is 11.4 Å². The first-order valence-corrected chi connectivity index (χ1v) is 12.2. The van der Waals surface area contributed by atoms with Crippen molar-refractivity contribution in [3.8, 4) is 0 Å². The standard InChI is InChI=1S/C25H29N3O3S/c1-2-18-11-13-19(14-12-18)26-22(29)17-28-20-9-5-6-10-21(20)32-23(25(28)31)24(30)27-15-7-3-4-8-16-27/h5-6,9-14,23H,2-4,7-8,15-17H2,1H3,(H,26,29). The summed E-state index contributed by atoms with van der Waals surface area (Å²) in [5.74, 6) is -0.748. The zero-order chi connectivity index (χ0) is 22.5. The molecule has 0 bridgehead atoms. The van der Waals surface area contributed by atoms with Crippen molar-refractivity contribution < 1.29 is 14.4 Å². The molecule has 0 radical (unpaired) electrons. The molecule has 2 heterocycles. The number of rotatable bonds is 5. The summed E-state index contributed by atoms with van der Waals surface area (Å²) in [5.41, 5.74) is 2.56. The normalized spacial score (nSPS) is 18.7. The number of nitrogens with zero attached hydrogens (tertiary/aromatic N) is 2. The molecule has 0 spiro atoms. The van der Waals surface area contributed by atoms with Crippen molar-refractivity contribution >= 4 is 40.9 Å². The van der Waals surface area contributed by atoms with Crippen LogP contribution in [0.1, 0.15) is 38.2 Å². The first-order valence-electron chi connectivity index (χ1n) is 11.3. The van der Waals surface area contributed by atoms with Crippen LogP contribution in [0.15, 0.2) is 53.4 Å². The number of carbonyl (C=O) groups excluding carboxylic acids is 3. The highest BCUT2D eigenvalue weighted by molar-refractivity contribution is 8.01. The predicted octanol–water partition coefficient (Wildman–Crippen LogP) is 4.10. The number of thioether (sulfide) groups is 1. The van der Waals surface area contributed by atoms with Crippen molar-refractivity contribution in [3.63, 3.8) is 0 Å². The molecule has 1 saturated heterocycles. The summed E-state index contributed by atoms with van der Waals surface area (Å²) in [4.78, 5) is 43.6. The van der Waals surface area contributed by atoms with E-state index in [0.717, 1.165) is 37.0 Å². The summed E-state index contributed by atoms with van der Waals surface area (Å²) in [7, 11) is 0. The van der Waals surface area contributed by atoms with Crippen LogP contribution in [0.5, 0.6) is 0 Å². The minimum atomic E-state index is -0.848. The van der Waals surface area contributed by atoms with Crippen molar-refractivity contribution in [1.82, 2.24) is 4.90 Å². The van der Waals surface area contributed by atoms with Gasteiger partial charge in [0.2, 0.25) is 11.8 Å². The van der Waals surface area contributed by atoms with E-state index in [9.17, 15) is 14.4 Å². The van der Waals surface area contributed by atoms with E-state index in [4.69, 9.17) is 0 Å². The van der Waals surface area contributed by atoms with Crippen LogP contribution in [0.2, 0.25) is 0 Å². The van der Waals surface area contributed by atoms with Gasteiger partial charge in [-0.25, -0.2) is 0 Å². The van der Waals surface area contributed by atoms with Crippen LogP contribution in [-0.2, 0) is 20.8 Å². The van der Waals surface area contributed by atoms with E-state index >= 15 is 0 Å². The van der Waals surface area contributed by atoms with Gasteiger partial charge < -0.3 is 15.1 Å². The Morgan fingerprint density at radius 3 is 2.38 bits per heavy atom. The molecule has 0 aromatic heterocycles. The molecule has 32 heavy (non-hydrogen) atoms. The zero-order valence-corrected chi connectivity index (χ0v) is 19.2. The molecule has 2 aliphatic heterocycles. The summed E-state index contributed by atoms with van der Waals surface area (Å²) in [5, 5.41) is 2.03. The molecule has 0 aliphatic carbocycles. The first-order chi connectivity index (χ1) is 15.6. The minimum Gasteiger partial charge on any atom is -0.341 e. The second-order valence-corrected chi connectivity index (χ2v) is 9.38. The van der Waals surface area contributed by atoms with E-state index in [1.54, 1.807) is 0 Å². The average Bonchev–Trinajstić information content (AvgIpc) is 3.10. The fourth-order valence-corrected chi connectivity index (χ4v) is 5.35. The quantitative estimate of drug-likeness (QED) is 0.695. The summed E-state index contributed by atoms with van der Waals surface area (Å²) in [6, 6.07) is 15.2. The molecule has 1 fully saturated rings. The SMILES string of the molecule is CCc1ccc(NC(=O)CN2C(=O)C(C(=O)N3CCCCCC3)Sc3ccccc32)cc1. The van der Waals surface area contributed by atoms with Gasteiger partial charge in [-0.05, 0) is 49.1 Å². The van der Waals surface area contributed by atoms with Gasteiger partial charge in [0, 0.05) is 23.7 Å². The molecule has 7 heteroatoms. The minimum absolute atomic E-state index is 0.129. The van der Waals surface area contributed by atoms with E-state index < -0.39 is 5.25 Å². The molecule has 1 N–H and O–H groups in total. The Bertz CT molecular complexity index is 984. The summed E-state index contributed by atoms with van der Waals surface area (Å²) in [6.45, 7) is 3.34. The Kier molecular flexibility index (Phi) is 7.15. The first kappa shape index (κ1) is 22.4. The number of hydrogen-bond donors (Lipinski definition) is 1. The molecule has 4 rings (SSSR count). The summed E-state index contributed by atoms with van der Waals surface area (Å²) >= 11 is 1.30. The van der Waals surface area contributed by atoms with Crippen LogP contribution in [0.25, 0.3) is 0 Å². The Labute approximate surface area is 193 Å². The Morgan fingerprint density at radius 2 is 1.69 bits per heavy atom. The number of aryl methyl sites for hydroxylation is 1. The monoisotopic (exact) mass is 451 g/mol. The van der Waals surface area contributed by atoms with Gasteiger partial charge in [-0.3, -0.25) is 14.4 Å². The molecule has 3 amide bonds. The highest BCUT2D eigenvalue weighted by Crippen LogP contribution is 2.39. The topological polar surface area (TPSA) is 69.7 Å². The maximum absolute atomic E-state index is 13.4. The number of para-hydroxylation sites is 1. The van der Waals surface area contributed by atoms with Crippen LogP contribution in [0, 0.1) is 0 Å². The van der Waals surface area contributed by atoms with Gasteiger partial charge in [-0.2, -0.15) is 0 Å². The Hall–Kier alpha value is -2.80. The lowest BCUT2D eigenvalue weighted by molar-refractivity contribution is -0.135. The number of anilines is 2. The van der Waals surface area contributed by atoms with Gasteiger partial charge in [-0.1, -0.05) is 44.0 Å². The van der Waals surface area contributed by atoms with Gasteiger partial charge in [0.05, 0.1) is 5.69 Å². The van der Waals surface area contributed by atoms with Gasteiger partial charge in [-0.15, -0.1) is 11.8 Å². The van der Waals surface area contributed by atoms with E-state index in [1.807, 2.05) is 53.4 Å². The van der Waals surface area contributed by atoms with Gasteiger partial charge in [0.15, 0.2) is 5.25 Å². The fourth-order valence-electron chi connectivity index (χ4n) is 4.16. The second kappa shape index (κ2) is 10.2. The van der Waals surface area contributed by atoms with E-state index in [-0.39, 0.29) is 24.3 Å². The predicted molar refractivity (Wildman–Crippen MR) is 128 cm³/mol. The van der Waals surface area contributed by atoms with Crippen LogP contribution in [-0.4, -0.2) is 47.5 Å². The lowest BCUT2D eigenvalue weighted by atomic mass is 10.1. The lowest BCUT2D eigenvalue weighted by Crippen LogP contribution is -2.51. The molecule has 168 valence electrons. The van der Waals surface area contributed by atoms with Gasteiger partial charge in [0.1, 0.15) is 6.54 Å². The number of likely N-dealkylation sites (tertiary alicyclic amines) is 1. The van der Waals surface area contributed by atoms with Crippen molar-refractivity contribution in [2.45, 2.75) is 49.2 Å². The molecule has 2 aromatic rings. The van der Waals surface area contributed by atoms with Crippen molar-refractivity contribution in [1.29, 1.82) is 0 Å². The lowest BCUT2D eigenvalue weighted by Gasteiger charge is -2.34. The van der Waals surface area contributed by atoms with Crippen molar-refractivity contribution in [2.24, 2.45) is 0 Å². The number of carbonyl (C=O) groups is 3. The number of nitrogens with one attached hydrogen (secondary N) is 1. The third-order valence-electron chi connectivity index (χ3n) is 5.98. The van der Waals surface area contributed by atoms with Gasteiger partial charge in [0.25, 0.3) is 5.91 Å². The van der Waals surface area contributed by atoms with Crippen molar-refractivity contribution in [3.05, 3.63) is 54.1 Å². The highest BCUT2D eigenvalue weighted by atomic mass is 32.2. The molecule has 0 saturated carbocycles. The fraction of sp³-hybridized carbons (Fsp3) is 0.400. The van der Waals surface area contributed by atoms with E-state index in [1.165, 1.54) is 22.2 Å². The molecule has 2 aromatic carbocycles. The van der Waals surface area contributed by atoms with Crippen LogP contribution < -0.4 is 10.2 Å². The van der Waals surface area contributed by atoms with Crippen molar-refractivity contribution in [2.75, 3.05) is 29.9 Å². The van der Waals surface area contributed by atoms with E-state index in [2.05, 4.69) is 12.2 Å². The largest absolute Gasteiger partial charge is 0.341 e. The van der Waals surface area contributed by atoms with Crippen LogP contribution in [0.3, 0.4) is 0 Å². The molecule has 1 unspecified atom stereocenters. The molecule has 1 atom stereocenters. The maximum Gasteiger partial charge on any atom is 0.250 e. The molecule has 2 aliphatic rings. The van der Waals surface area contributed by atoms with Crippen LogP contribution >= 0.6 is 11.8 Å². The second-order valence-electron chi connectivity index (χ2n) is 8.23. The van der Waals surface area contributed by atoms with E-state index in [0.29, 0.717) is 24.5 Å². The molecular weight excluding hydrogens is 422 g/mol. The molecular formula is C25H29N3O3S. The number of benzene rings is 2. The third-order valence-corrected chi connectivity index (χ3v) is 7.22.